The molecule has 1 aromatic carbocycles. The Balaban J connectivity index is 3.33. The molecule has 0 heterocycles. The minimum absolute atomic E-state index is 0.0248. The van der Waals surface area contributed by atoms with E-state index in [0.29, 0.717) is 5.56 Å². The van der Waals surface area contributed by atoms with E-state index in [1.54, 1.807) is 6.07 Å². The van der Waals surface area contributed by atoms with Crippen molar-refractivity contribution in [1.82, 2.24) is 0 Å². The van der Waals surface area contributed by atoms with Crippen LogP contribution in [0, 0.1) is 0 Å². The number of hydrogen-bond acceptors (Lipinski definition) is 2. The van der Waals surface area contributed by atoms with Gasteiger partial charge >= 0.3 is 5.97 Å². The SMILES string of the molecule is CC(C)c1ccc(C(=O)O)cc1S(=O)O. The van der Waals surface area contributed by atoms with E-state index in [0.717, 1.165) is 0 Å². The second-order valence-electron chi connectivity index (χ2n) is 3.46. The van der Waals surface area contributed by atoms with Crippen LogP contribution < -0.4 is 0 Å². The fourth-order valence-corrected chi connectivity index (χ4v) is 2.03. The van der Waals surface area contributed by atoms with Gasteiger partial charge in [-0.15, -0.1) is 0 Å². The van der Waals surface area contributed by atoms with Gasteiger partial charge < -0.3 is 9.66 Å². The van der Waals surface area contributed by atoms with Crippen LogP contribution in [-0.4, -0.2) is 19.8 Å². The molecule has 0 spiro atoms. The number of rotatable bonds is 3. The third-order valence-corrected chi connectivity index (χ3v) is 2.80. The van der Waals surface area contributed by atoms with Crippen molar-refractivity contribution in [2.24, 2.45) is 0 Å². The van der Waals surface area contributed by atoms with Gasteiger partial charge in [-0.3, -0.25) is 0 Å². The third kappa shape index (κ3) is 2.64. The summed E-state index contributed by atoms with van der Waals surface area (Å²) in [6, 6.07) is 4.26. The van der Waals surface area contributed by atoms with Crippen molar-refractivity contribution in [3.05, 3.63) is 29.3 Å². The lowest BCUT2D eigenvalue weighted by molar-refractivity contribution is 0.0696. The summed E-state index contributed by atoms with van der Waals surface area (Å²) in [5.41, 5.74) is 0.720. The molecule has 82 valence electrons. The average molecular weight is 228 g/mol. The molecule has 0 aromatic heterocycles. The van der Waals surface area contributed by atoms with Gasteiger partial charge in [0.1, 0.15) is 0 Å². The van der Waals surface area contributed by atoms with Crippen LogP contribution in [0.4, 0.5) is 0 Å². The number of benzene rings is 1. The number of carboxylic acids is 1. The summed E-state index contributed by atoms with van der Waals surface area (Å²) < 4.78 is 20.1. The highest BCUT2D eigenvalue weighted by atomic mass is 32.2. The molecule has 0 radical (unpaired) electrons. The van der Waals surface area contributed by atoms with Crippen LogP contribution in [-0.2, 0) is 11.1 Å². The molecule has 0 aliphatic carbocycles. The van der Waals surface area contributed by atoms with Gasteiger partial charge in [0.15, 0.2) is 11.1 Å². The zero-order valence-corrected chi connectivity index (χ0v) is 9.25. The maximum atomic E-state index is 11.0. The summed E-state index contributed by atoms with van der Waals surface area (Å²) in [5, 5.41) is 8.74. The Bertz CT molecular complexity index is 412. The quantitative estimate of drug-likeness (QED) is 0.777. The summed E-state index contributed by atoms with van der Waals surface area (Å²) in [5.74, 6) is -1.02. The van der Waals surface area contributed by atoms with Gasteiger partial charge in [-0.25, -0.2) is 9.00 Å². The van der Waals surface area contributed by atoms with Crippen LogP contribution in [0.1, 0.15) is 35.7 Å². The molecule has 0 aliphatic rings. The second kappa shape index (κ2) is 4.55. The van der Waals surface area contributed by atoms with Crippen molar-refractivity contribution in [1.29, 1.82) is 0 Å². The molecule has 1 unspecified atom stereocenters. The zero-order chi connectivity index (χ0) is 11.6. The molecule has 1 aromatic rings. The van der Waals surface area contributed by atoms with E-state index in [2.05, 4.69) is 0 Å². The normalized spacial score (nSPS) is 12.8. The summed E-state index contributed by atoms with van der Waals surface area (Å²) in [6.07, 6.45) is 0. The lowest BCUT2D eigenvalue weighted by Crippen LogP contribution is -2.03. The van der Waals surface area contributed by atoms with Crippen LogP contribution in [0.15, 0.2) is 23.1 Å². The molecule has 1 rings (SSSR count). The maximum absolute atomic E-state index is 11.0. The molecular formula is C10H12O4S. The van der Waals surface area contributed by atoms with E-state index in [1.807, 2.05) is 13.8 Å². The van der Waals surface area contributed by atoms with Gasteiger partial charge in [-0.1, -0.05) is 19.9 Å². The predicted octanol–water partition coefficient (Wildman–Crippen LogP) is 2.09. The highest BCUT2D eigenvalue weighted by Crippen LogP contribution is 2.23. The first-order valence-corrected chi connectivity index (χ1v) is 5.52. The van der Waals surface area contributed by atoms with E-state index in [9.17, 15) is 9.00 Å². The average Bonchev–Trinajstić information content (AvgIpc) is 2.16. The summed E-state index contributed by atoms with van der Waals surface area (Å²) >= 11 is -2.15. The Labute approximate surface area is 90.2 Å². The van der Waals surface area contributed by atoms with Crippen molar-refractivity contribution < 1.29 is 18.7 Å². The fourth-order valence-electron chi connectivity index (χ4n) is 1.30. The first-order valence-electron chi connectivity index (χ1n) is 4.41. The van der Waals surface area contributed by atoms with Crippen molar-refractivity contribution in [2.75, 3.05) is 0 Å². The molecule has 0 saturated carbocycles. The largest absolute Gasteiger partial charge is 0.478 e. The Morgan fingerprint density at radius 1 is 1.40 bits per heavy atom. The lowest BCUT2D eigenvalue weighted by atomic mass is 10.0. The predicted molar refractivity (Wildman–Crippen MR) is 56.5 cm³/mol. The van der Waals surface area contributed by atoms with Gasteiger partial charge in [0, 0.05) is 0 Å². The van der Waals surface area contributed by atoms with Crippen molar-refractivity contribution >= 4 is 17.0 Å². The second-order valence-corrected chi connectivity index (χ2v) is 4.40. The summed E-state index contributed by atoms with van der Waals surface area (Å²) in [7, 11) is 0. The van der Waals surface area contributed by atoms with Crippen LogP contribution in [0.25, 0.3) is 0 Å². The molecule has 0 amide bonds. The van der Waals surface area contributed by atoms with E-state index < -0.39 is 17.0 Å². The first-order chi connectivity index (χ1) is 6.93. The van der Waals surface area contributed by atoms with Gasteiger partial charge in [0.05, 0.1) is 10.5 Å². The van der Waals surface area contributed by atoms with E-state index >= 15 is 0 Å². The summed E-state index contributed by atoms with van der Waals surface area (Å²) in [6.45, 7) is 3.76. The minimum atomic E-state index is -2.15. The molecule has 4 nitrogen and oxygen atoms in total. The molecule has 0 fully saturated rings. The number of aromatic carboxylic acids is 1. The molecule has 5 heteroatoms. The smallest absolute Gasteiger partial charge is 0.335 e. The first kappa shape index (κ1) is 11.9. The molecular weight excluding hydrogens is 216 g/mol. The zero-order valence-electron chi connectivity index (χ0n) is 8.43. The summed E-state index contributed by atoms with van der Waals surface area (Å²) in [4.78, 5) is 10.8. The fraction of sp³-hybridized carbons (Fsp3) is 0.300. The van der Waals surface area contributed by atoms with Crippen molar-refractivity contribution in [2.45, 2.75) is 24.7 Å². The van der Waals surface area contributed by atoms with Crippen molar-refractivity contribution in [3.8, 4) is 0 Å². The Morgan fingerprint density at radius 2 is 2.00 bits per heavy atom. The van der Waals surface area contributed by atoms with Gasteiger partial charge in [-0.2, -0.15) is 0 Å². The molecule has 2 N–H and O–H groups in total. The lowest BCUT2D eigenvalue weighted by Gasteiger charge is -2.10. The van der Waals surface area contributed by atoms with Gasteiger partial charge in [0.25, 0.3) is 0 Å². The number of hydrogen-bond donors (Lipinski definition) is 2. The van der Waals surface area contributed by atoms with Crippen LogP contribution in [0.3, 0.4) is 0 Å². The van der Waals surface area contributed by atoms with Crippen molar-refractivity contribution in [3.63, 3.8) is 0 Å². The molecule has 15 heavy (non-hydrogen) atoms. The number of carbonyl (C=O) groups is 1. The standard InChI is InChI=1S/C10H12O4S/c1-6(2)8-4-3-7(10(11)12)5-9(8)15(13)14/h3-6H,1-2H3,(H,11,12)(H,13,14). The number of carboxylic acid groups (broad SMARTS) is 1. The van der Waals surface area contributed by atoms with E-state index in [4.69, 9.17) is 9.66 Å². The Kier molecular flexibility index (Phi) is 3.60. The Hall–Kier alpha value is -1.20. The Morgan fingerprint density at radius 3 is 2.40 bits per heavy atom. The highest BCUT2D eigenvalue weighted by molar-refractivity contribution is 7.79. The molecule has 1 atom stereocenters. The molecule has 0 bridgehead atoms. The highest BCUT2D eigenvalue weighted by Gasteiger charge is 2.14. The van der Waals surface area contributed by atoms with E-state index in [-0.39, 0.29) is 16.4 Å². The van der Waals surface area contributed by atoms with Crippen LogP contribution >= 0.6 is 0 Å². The maximum Gasteiger partial charge on any atom is 0.335 e. The van der Waals surface area contributed by atoms with Crippen LogP contribution in [0.5, 0.6) is 0 Å². The van der Waals surface area contributed by atoms with Crippen LogP contribution in [0.2, 0.25) is 0 Å². The third-order valence-electron chi connectivity index (χ3n) is 2.07. The molecule has 0 aliphatic heterocycles. The topological polar surface area (TPSA) is 74.6 Å². The minimum Gasteiger partial charge on any atom is -0.478 e. The molecule has 0 saturated heterocycles. The van der Waals surface area contributed by atoms with Gasteiger partial charge in [-0.05, 0) is 23.6 Å². The van der Waals surface area contributed by atoms with E-state index in [1.165, 1.54) is 12.1 Å². The monoisotopic (exact) mass is 228 g/mol. The van der Waals surface area contributed by atoms with Gasteiger partial charge in [0.2, 0.25) is 0 Å².